The molecule has 0 saturated carbocycles. The quantitative estimate of drug-likeness (QED) is 0.825. The number of pyridine rings is 1. The van der Waals surface area contributed by atoms with Crippen molar-refractivity contribution in [3.05, 3.63) is 48.7 Å². The Labute approximate surface area is 152 Å². The zero-order valence-electron chi connectivity index (χ0n) is 14.1. The molecule has 1 amide bonds. The molecule has 1 aliphatic heterocycles. The van der Waals surface area contributed by atoms with Crippen LogP contribution < -0.4 is 15.5 Å². The van der Waals surface area contributed by atoms with Crippen LogP contribution in [0.5, 0.6) is 0 Å². The summed E-state index contributed by atoms with van der Waals surface area (Å²) in [7, 11) is 0. The van der Waals surface area contributed by atoms with Crippen molar-refractivity contribution < 1.29 is 4.79 Å². The molecule has 1 saturated heterocycles. The third-order valence-electron chi connectivity index (χ3n) is 4.00. The number of anilines is 3. The van der Waals surface area contributed by atoms with E-state index in [0.717, 1.165) is 43.4 Å². The van der Waals surface area contributed by atoms with Crippen LogP contribution in [0.1, 0.15) is 6.92 Å². The van der Waals surface area contributed by atoms with E-state index in [2.05, 4.69) is 25.4 Å². The van der Waals surface area contributed by atoms with E-state index >= 15 is 0 Å². The summed E-state index contributed by atoms with van der Waals surface area (Å²) < 4.78 is 0. The van der Waals surface area contributed by atoms with Gasteiger partial charge in [0, 0.05) is 50.7 Å². The molecule has 1 aliphatic rings. The number of thiocarbonyl (C=S) groups is 1. The number of amides is 1. The summed E-state index contributed by atoms with van der Waals surface area (Å²) in [5, 5.41) is 6.72. The van der Waals surface area contributed by atoms with Crippen molar-refractivity contribution in [3.8, 4) is 0 Å². The Bertz CT molecular complexity index is 727. The summed E-state index contributed by atoms with van der Waals surface area (Å²) in [5.41, 5.74) is 1.68. The van der Waals surface area contributed by atoms with Crippen molar-refractivity contribution in [1.29, 1.82) is 0 Å². The number of nitrogens with one attached hydrogen (secondary N) is 2. The second-order valence-corrected chi connectivity index (χ2v) is 6.24. The third-order valence-corrected chi connectivity index (χ3v) is 4.36. The van der Waals surface area contributed by atoms with Crippen molar-refractivity contribution in [1.82, 2.24) is 9.88 Å². The number of hydrogen-bond acceptors (Lipinski definition) is 4. The van der Waals surface area contributed by atoms with Gasteiger partial charge >= 0.3 is 0 Å². The minimum atomic E-state index is -0.0815. The average molecular weight is 355 g/mol. The van der Waals surface area contributed by atoms with Crippen LogP contribution in [0.2, 0.25) is 0 Å². The Morgan fingerprint density at radius 3 is 2.20 bits per heavy atom. The first-order valence-electron chi connectivity index (χ1n) is 8.21. The predicted molar refractivity (Wildman–Crippen MR) is 105 cm³/mol. The number of benzene rings is 1. The number of hydrogen-bond donors (Lipinski definition) is 2. The van der Waals surface area contributed by atoms with E-state index in [1.807, 2.05) is 48.7 Å². The molecule has 2 heterocycles. The van der Waals surface area contributed by atoms with Crippen LogP contribution in [-0.4, -0.2) is 47.1 Å². The average Bonchev–Trinajstić information content (AvgIpc) is 2.64. The lowest BCUT2D eigenvalue weighted by molar-refractivity contribution is -0.114. The molecule has 0 bridgehead atoms. The first kappa shape index (κ1) is 17.2. The van der Waals surface area contributed by atoms with Crippen LogP contribution in [0.4, 0.5) is 17.2 Å². The predicted octanol–water partition coefficient (Wildman–Crippen LogP) is 2.56. The molecule has 7 heteroatoms. The molecule has 1 aromatic carbocycles. The van der Waals surface area contributed by atoms with E-state index in [4.69, 9.17) is 12.2 Å². The summed E-state index contributed by atoms with van der Waals surface area (Å²) in [5.74, 6) is 0.927. The van der Waals surface area contributed by atoms with Crippen LogP contribution in [0, 0.1) is 0 Å². The Morgan fingerprint density at radius 1 is 1.00 bits per heavy atom. The van der Waals surface area contributed by atoms with Gasteiger partial charge in [0.25, 0.3) is 0 Å². The largest absolute Gasteiger partial charge is 0.353 e. The molecular weight excluding hydrogens is 334 g/mol. The maximum Gasteiger partial charge on any atom is 0.221 e. The highest BCUT2D eigenvalue weighted by molar-refractivity contribution is 7.80. The smallest absolute Gasteiger partial charge is 0.221 e. The molecule has 0 aliphatic carbocycles. The minimum absolute atomic E-state index is 0.0815. The van der Waals surface area contributed by atoms with Gasteiger partial charge < -0.3 is 20.4 Å². The highest BCUT2D eigenvalue weighted by atomic mass is 32.1. The number of nitrogens with zero attached hydrogens (tertiary/aromatic N) is 3. The summed E-state index contributed by atoms with van der Waals surface area (Å²) in [4.78, 5) is 19.9. The molecule has 0 atom stereocenters. The molecule has 0 spiro atoms. The summed E-state index contributed by atoms with van der Waals surface area (Å²) >= 11 is 5.53. The highest BCUT2D eigenvalue weighted by Crippen LogP contribution is 2.16. The Hall–Kier alpha value is -2.67. The highest BCUT2D eigenvalue weighted by Gasteiger charge is 2.19. The molecule has 1 fully saturated rings. The lowest BCUT2D eigenvalue weighted by Gasteiger charge is -2.36. The van der Waals surface area contributed by atoms with E-state index in [-0.39, 0.29) is 5.91 Å². The van der Waals surface area contributed by atoms with Crippen LogP contribution in [-0.2, 0) is 4.79 Å². The second kappa shape index (κ2) is 7.94. The maximum absolute atomic E-state index is 11.0. The lowest BCUT2D eigenvalue weighted by atomic mass is 10.2. The van der Waals surface area contributed by atoms with Crippen LogP contribution in [0.25, 0.3) is 0 Å². The molecule has 1 aromatic heterocycles. The molecule has 2 aromatic rings. The molecule has 3 rings (SSSR count). The van der Waals surface area contributed by atoms with Gasteiger partial charge in [0.05, 0.1) is 0 Å². The Balaban J connectivity index is 1.52. The second-order valence-electron chi connectivity index (χ2n) is 5.85. The molecule has 0 unspecified atom stereocenters. The van der Waals surface area contributed by atoms with Crippen LogP contribution in [0.15, 0.2) is 48.7 Å². The molecule has 25 heavy (non-hydrogen) atoms. The monoisotopic (exact) mass is 355 g/mol. The van der Waals surface area contributed by atoms with Gasteiger partial charge in [0.2, 0.25) is 5.91 Å². The summed E-state index contributed by atoms with van der Waals surface area (Å²) in [6.45, 7) is 4.98. The van der Waals surface area contributed by atoms with E-state index in [1.165, 1.54) is 6.92 Å². The van der Waals surface area contributed by atoms with Crippen molar-refractivity contribution in [2.75, 3.05) is 41.7 Å². The third kappa shape index (κ3) is 4.67. The zero-order valence-corrected chi connectivity index (χ0v) is 14.9. The van der Waals surface area contributed by atoms with Crippen LogP contribution >= 0.6 is 12.2 Å². The molecule has 2 N–H and O–H groups in total. The van der Waals surface area contributed by atoms with Crippen molar-refractivity contribution >= 4 is 40.4 Å². The van der Waals surface area contributed by atoms with Gasteiger partial charge in [-0.05, 0) is 48.6 Å². The zero-order chi connectivity index (χ0) is 17.6. The number of carbonyl (C=O) groups is 1. The van der Waals surface area contributed by atoms with Gasteiger partial charge in [-0.3, -0.25) is 4.79 Å². The fourth-order valence-electron chi connectivity index (χ4n) is 2.72. The fourth-order valence-corrected chi connectivity index (χ4v) is 3.02. The SMILES string of the molecule is CC(=O)Nc1ccc(NC(=S)N2CCN(c3ccccn3)CC2)cc1. The number of carbonyl (C=O) groups excluding carboxylic acids is 1. The minimum Gasteiger partial charge on any atom is -0.353 e. The van der Waals surface area contributed by atoms with Gasteiger partial charge in [-0.15, -0.1) is 0 Å². The van der Waals surface area contributed by atoms with Crippen molar-refractivity contribution in [2.45, 2.75) is 6.92 Å². The van der Waals surface area contributed by atoms with E-state index in [1.54, 1.807) is 0 Å². The molecule has 130 valence electrons. The number of aromatic nitrogens is 1. The van der Waals surface area contributed by atoms with Crippen molar-refractivity contribution in [2.24, 2.45) is 0 Å². The fraction of sp³-hybridized carbons (Fsp3) is 0.278. The van der Waals surface area contributed by atoms with Crippen LogP contribution in [0.3, 0.4) is 0 Å². The van der Waals surface area contributed by atoms with Gasteiger partial charge in [-0.25, -0.2) is 4.98 Å². The van der Waals surface area contributed by atoms with E-state index in [9.17, 15) is 4.79 Å². The molecule has 0 radical (unpaired) electrons. The van der Waals surface area contributed by atoms with E-state index < -0.39 is 0 Å². The Morgan fingerprint density at radius 2 is 1.64 bits per heavy atom. The first-order chi connectivity index (χ1) is 12.1. The summed E-state index contributed by atoms with van der Waals surface area (Å²) in [6.07, 6.45) is 1.82. The molecular formula is C18H21N5OS. The maximum atomic E-state index is 11.0. The van der Waals surface area contributed by atoms with E-state index in [0.29, 0.717) is 5.11 Å². The number of piperazine rings is 1. The van der Waals surface area contributed by atoms with Gasteiger partial charge in [0.15, 0.2) is 5.11 Å². The standard InChI is InChI=1S/C18H21N5OS/c1-14(24)20-15-5-7-16(8-6-15)21-18(25)23-12-10-22(11-13-23)17-4-2-3-9-19-17/h2-9H,10-13H2,1H3,(H,20,24)(H,21,25). The topological polar surface area (TPSA) is 60.5 Å². The Kier molecular flexibility index (Phi) is 5.45. The van der Waals surface area contributed by atoms with Gasteiger partial charge in [-0.1, -0.05) is 6.07 Å². The number of rotatable bonds is 3. The van der Waals surface area contributed by atoms with Gasteiger partial charge in [0.1, 0.15) is 5.82 Å². The van der Waals surface area contributed by atoms with Gasteiger partial charge in [-0.2, -0.15) is 0 Å². The molecule has 6 nitrogen and oxygen atoms in total. The van der Waals surface area contributed by atoms with Crippen molar-refractivity contribution in [3.63, 3.8) is 0 Å². The normalized spacial score (nSPS) is 14.1. The first-order valence-corrected chi connectivity index (χ1v) is 8.62. The summed E-state index contributed by atoms with van der Waals surface area (Å²) in [6, 6.07) is 13.5. The lowest BCUT2D eigenvalue weighted by Crippen LogP contribution is -2.50.